The van der Waals surface area contributed by atoms with Crippen molar-refractivity contribution in [1.29, 1.82) is 0 Å². The Hall–Kier alpha value is -2.44. The Bertz CT molecular complexity index is 754. The molecule has 2 amide bonds. The molecule has 1 aromatic heterocycles. The van der Waals surface area contributed by atoms with Gasteiger partial charge in [-0.1, -0.05) is 17.3 Å². The lowest BCUT2D eigenvalue weighted by Gasteiger charge is -2.35. The summed E-state index contributed by atoms with van der Waals surface area (Å²) in [4.78, 5) is 28.5. The molecule has 7 heteroatoms. The van der Waals surface area contributed by atoms with Gasteiger partial charge in [0.2, 0.25) is 11.8 Å². The number of aromatic nitrogens is 3. The van der Waals surface area contributed by atoms with Gasteiger partial charge in [-0.25, -0.2) is 4.68 Å². The summed E-state index contributed by atoms with van der Waals surface area (Å²) in [5.41, 5.74) is 0.811. The van der Waals surface area contributed by atoms with Crippen molar-refractivity contribution in [3.8, 4) is 0 Å². The van der Waals surface area contributed by atoms with E-state index in [1.807, 2.05) is 31.2 Å². The van der Waals surface area contributed by atoms with Gasteiger partial charge in [0.15, 0.2) is 0 Å². The maximum Gasteiger partial charge on any atom is 0.247 e. The number of carbonyl (C=O) groups is 2. The van der Waals surface area contributed by atoms with Crippen LogP contribution in [0.4, 0.5) is 0 Å². The molecule has 1 atom stereocenters. The van der Waals surface area contributed by atoms with Gasteiger partial charge >= 0.3 is 0 Å². The average molecular weight is 315 g/mol. The lowest BCUT2D eigenvalue weighted by Crippen LogP contribution is -2.55. The number of rotatable bonds is 3. The van der Waals surface area contributed by atoms with Crippen LogP contribution in [0.1, 0.15) is 19.8 Å². The fraction of sp³-hybridized carbons (Fsp3) is 0.500. The molecule has 1 saturated heterocycles. The molecule has 1 aliphatic heterocycles. The second kappa shape index (κ2) is 5.64. The smallest absolute Gasteiger partial charge is 0.247 e. The number of likely N-dealkylation sites (N-methyl/N-ethyl adjacent to an activating group) is 1. The average Bonchev–Trinajstić information content (AvgIpc) is 3.11. The van der Waals surface area contributed by atoms with Crippen LogP contribution in [0.25, 0.3) is 11.0 Å². The molecule has 0 bridgehead atoms. The van der Waals surface area contributed by atoms with Crippen molar-refractivity contribution in [2.24, 2.45) is 0 Å². The summed E-state index contributed by atoms with van der Waals surface area (Å²) in [7, 11) is 3.44. The van der Waals surface area contributed by atoms with E-state index < -0.39 is 5.54 Å². The predicted octanol–water partition coefficient (Wildman–Crippen LogP) is 0.901. The first-order valence-corrected chi connectivity index (χ1v) is 7.74. The number of benzene rings is 1. The first-order chi connectivity index (χ1) is 10.9. The molecule has 1 aromatic carbocycles. The molecule has 0 radical (unpaired) electrons. The third-order valence-electron chi connectivity index (χ3n) is 4.51. The normalized spacial score (nSPS) is 20.9. The molecular formula is C16H21N5O2. The van der Waals surface area contributed by atoms with Crippen molar-refractivity contribution in [1.82, 2.24) is 24.8 Å². The van der Waals surface area contributed by atoms with E-state index in [1.165, 1.54) is 0 Å². The largest absolute Gasteiger partial charge is 0.347 e. The van der Waals surface area contributed by atoms with Gasteiger partial charge < -0.3 is 9.80 Å². The van der Waals surface area contributed by atoms with Gasteiger partial charge in [-0.05, 0) is 31.9 Å². The highest BCUT2D eigenvalue weighted by Gasteiger charge is 2.46. The van der Waals surface area contributed by atoms with Crippen LogP contribution in [0, 0.1) is 0 Å². The monoisotopic (exact) mass is 315 g/mol. The van der Waals surface area contributed by atoms with E-state index in [0.29, 0.717) is 13.0 Å². The highest BCUT2D eigenvalue weighted by molar-refractivity contribution is 5.91. The molecule has 0 unspecified atom stereocenters. The molecule has 0 spiro atoms. The van der Waals surface area contributed by atoms with Crippen molar-refractivity contribution in [3.63, 3.8) is 0 Å². The van der Waals surface area contributed by atoms with E-state index in [4.69, 9.17) is 0 Å². The molecule has 2 heterocycles. The van der Waals surface area contributed by atoms with Crippen LogP contribution in [0.15, 0.2) is 24.3 Å². The van der Waals surface area contributed by atoms with Crippen LogP contribution < -0.4 is 0 Å². The number of para-hydroxylation sites is 1. The molecule has 122 valence electrons. The zero-order chi connectivity index (χ0) is 16.6. The van der Waals surface area contributed by atoms with Gasteiger partial charge in [0, 0.05) is 20.6 Å². The summed E-state index contributed by atoms with van der Waals surface area (Å²) >= 11 is 0. The van der Waals surface area contributed by atoms with Crippen molar-refractivity contribution >= 4 is 22.8 Å². The van der Waals surface area contributed by atoms with Crippen LogP contribution >= 0.6 is 0 Å². The molecule has 0 saturated carbocycles. The topological polar surface area (TPSA) is 71.3 Å². The minimum atomic E-state index is -0.767. The molecule has 0 N–H and O–H groups in total. The van der Waals surface area contributed by atoms with Crippen LogP contribution in [0.3, 0.4) is 0 Å². The standard InChI is InChI=1S/C16H21N5O2/c1-16(15(23)19(2)3)9-6-10-20(16)14(22)11-21-13-8-5-4-7-12(13)17-18-21/h4-5,7-8H,6,9-11H2,1-3H3/t16-/m0/s1. The zero-order valence-corrected chi connectivity index (χ0v) is 13.7. The molecule has 7 nitrogen and oxygen atoms in total. The quantitative estimate of drug-likeness (QED) is 0.844. The van der Waals surface area contributed by atoms with E-state index >= 15 is 0 Å². The Morgan fingerprint density at radius 1 is 1.30 bits per heavy atom. The fourth-order valence-corrected chi connectivity index (χ4v) is 3.31. The van der Waals surface area contributed by atoms with Gasteiger partial charge in [-0.15, -0.1) is 5.10 Å². The highest BCUT2D eigenvalue weighted by atomic mass is 16.2. The maximum atomic E-state index is 12.8. The number of amides is 2. The van der Waals surface area contributed by atoms with E-state index in [-0.39, 0.29) is 18.4 Å². The van der Waals surface area contributed by atoms with Gasteiger partial charge in [0.25, 0.3) is 0 Å². The van der Waals surface area contributed by atoms with Crippen LogP contribution in [0.2, 0.25) is 0 Å². The SMILES string of the molecule is CN(C)C(=O)[C@]1(C)CCCN1C(=O)Cn1nnc2ccccc21. The Morgan fingerprint density at radius 3 is 2.78 bits per heavy atom. The van der Waals surface area contributed by atoms with Crippen molar-refractivity contribution < 1.29 is 9.59 Å². The lowest BCUT2D eigenvalue weighted by atomic mass is 9.97. The summed E-state index contributed by atoms with van der Waals surface area (Å²) in [6.45, 7) is 2.54. The Morgan fingerprint density at radius 2 is 2.04 bits per heavy atom. The summed E-state index contributed by atoms with van der Waals surface area (Å²) in [6.07, 6.45) is 1.52. The van der Waals surface area contributed by atoms with Crippen molar-refractivity contribution in [2.45, 2.75) is 31.8 Å². The van der Waals surface area contributed by atoms with Crippen LogP contribution in [-0.4, -0.2) is 62.8 Å². The van der Waals surface area contributed by atoms with Gasteiger partial charge in [-0.2, -0.15) is 0 Å². The molecule has 2 aromatic rings. The van der Waals surface area contributed by atoms with Crippen LogP contribution in [0.5, 0.6) is 0 Å². The van der Waals surface area contributed by atoms with Crippen LogP contribution in [-0.2, 0) is 16.1 Å². The Labute approximate surface area is 134 Å². The number of likely N-dealkylation sites (tertiary alicyclic amines) is 1. The summed E-state index contributed by atoms with van der Waals surface area (Å²) in [6, 6.07) is 7.52. The first kappa shape index (κ1) is 15.5. The first-order valence-electron chi connectivity index (χ1n) is 7.74. The van der Waals surface area contributed by atoms with E-state index in [2.05, 4.69) is 10.3 Å². The third kappa shape index (κ3) is 2.56. The molecule has 1 fully saturated rings. The molecule has 23 heavy (non-hydrogen) atoms. The van der Waals surface area contributed by atoms with Crippen molar-refractivity contribution in [3.05, 3.63) is 24.3 Å². The fourth-order valence-electron chi connectivity index (χ4n) is 3.31. The Balaban J connectivity index is 1.84. The third-order valence-corrected chi connectivity index (χ3v) is 4.51. The minimum Gasteiger partial charge on any atom is -0.347 e. The summed E-state index contributed by atoms with van der Waals surface area (Å²) in [5, 5.41) is 8.12. The summed E-state index contributed by atoms with van der Waals surface area (Å²) in [5.74, 6) is -0.136. The van der Waals surface area contributed by atoms with E-state index in [0.717, 1.165) is 17.5 Å². The van der Waals surface area contributed by atoms with Gasteiger partial charge in [0.05, 0.1) is 5.52 Å². The molecule has 1 aliphatic rings. The van der Waals surface area contributed by atoms with E-state index in [1.54, 1.807) is 28.6 Å². The number of fused-ring (bicyclic) bond motifs is 1. The number of hydrogen-bond acceptors (Lipinski definition) is 4. The number of carbonyl (C=O) groups excluding carboxylic acids is 2. The second-order valence-electron chi connectivity index (χ2n) is 6.36. The zero-order valence-electron chi connectivity index (χ0n) is 13.7. The molecule has 0 aliphatic carbocycles. The van der Waals surface area contributed by atoms with Gasteiger partial charge in [-0.3, -0.25) is 9.59 Å². The number of hydrogen-bond donors (Lipinski definition) is 0. The number of nitrogens with zero attached hydrogens (tertiary/aromatic N) is 5. The van der Waals surface area contributed by atoms with Gasteiger partial charge in [0.1, 0.15) is 17.6 Å². The second-order valence-corrected chi connectivity index (χ2v) is 6.36. The maximum absolute atomic E-state index is 12.8. The van der Waals surface area contributed by atoms with Crippen molar-refractivity contribution in [2.75, 3.05) is 20.6 Å². The summed E-state index contributed by atoms with van der Waals surface area (Å²) < 4.78 is 1.59. The molecular weight excluding hydrogens is 294 g/mol. The highest BCUT2D eigenvalue weighted by Crippen LogP contribution is 2.31. The Kier molecular flexibility index (Phi) is 3.79. The van der Waals surface area contributed by atoms with E-state index in [9.17, 15) is 9.59 Å². The molecule has 3 rings (SSSR count). The lowest BCUT2D eigenvalue weighted by molar-refractivity contribution is -0.149. The predicted molar refractivity (Wildman–Crippen MR) is 85.6 cm³/mol. The minimum absolute atomic E-state index is 0.0354.